The van der Waals surface area contributed by atoms with Gasteiger partial charge in [-0.05, 0) is 32.6 Å². The largest absolute Gasteiger partial charge is 0.466 e. The zero-order valence-corrected chi connectivity index (χ0v) is 10.1. The minimum Gasteiger partial charge on any atom is -0.466 e. The molecule has 0 radical (unpaired) electrons. The molecule has 0 aromatic rings. The van der Waals surface area contributed by atoms with Gasteiger partial charge in [0.05, 0.1) is 12.5 Å². The number of esters is 1. The summed E-state index contributed by atoms with van der Waals surface area (Å²) >= 11 is 0. The maximum absolute atomic E-state index is 11.4. The Kier molecular flexibility index (Phi) is 4.58. The van der Waals surface area contributed by atoms with E-state index in [0.717, 1.165) is 13.0 Å². The van der Waals surface area contributed by atoms with Crippen LogP contribution in [0, 0.1) is 5.92 Å². The molecule has 0 amide bonds. The molecule has 1 N–H and O–H groups in total. The summed E-state index contributed by atoms with van der Waals surface area (Å²) in [5.74, 6) is -0.121. The first-order valence-electron chi connectivity index (χ1n) is 6.05. The van der Waals surface area contributed by atoms with Crippen LogP contribution in [-0.4, -0.2) is 24.7 Å². The summed E-state index contributed by atoms with van der Waals surface area (Å²) in [4.78, 5) is 11.4. The van der Waals surface area contributed by atoms with E-state index in [4.69, 9.17) is 4.74 Å². The number of hydrogen-bond acceptors (Lipinski definition) is 3. The van der Waals surface area contributed by atoms with E-state index in [1.807, 2.05) is 13.8 Å². The zero-order chi connectivity index (χ0) is 11.3. The van der Waals surface area contributed by atoms with Crippen LogP contribution in [0.3, 0.4) is 0 Å². The van der Waals surface area contributed by atoms with Crippen LogP contribution in [0.4, 0.5) is 0 Å². The molecule has 3 nitrogen and oxygen atoms in total. The third-order valence-corrected chi connectivity index (χ3v) is 3.46. The molecule has 15 heavy (non-hydrogen) atoms. The van der Waals surface area contributed by atoms with Crippen molar-refractivity contribution in [1.29, 1.82) is 0 Å². The van der Waals surface area contributed by atoms with Gasteiger partial charge in [0.15, 0.2) is 0 Å². The second kappa shape index (κ2) is 5.50. The van der Waals surface area contributed by atoms with Gasteiger partial charge in [0, 0.05) is 12.1 Å². The number of hydrogen-bond donors (Lipinski definition) is 1. The predicted molar refractivity (Wildman–Crippen MR) is 60.7 cm³/mol. The van der Waals surface area contributed by atoms with Crippen molar-refractivity contribution in [2.24, 2.45) is 5.92 Å². The molecule has 0 spiro atoms. The maximum Gasteiger partial charge on any atom is 0.309 e. The van der Waals surface area contributed by atoms with Gasteiger partial charge in [-0.25, -0.2) is 0 Å². The number of rotatable bonds is 6. The Labute approximate surface area is 92.6 Å². The summed E-state index contributed by atoms with van der Waals surface area (Å²) in [6.07, 6.45) is 4.97. The first kappa shape index (κ1) is 12.5. The Morgan fingerprint density at radius 3 is 2.53 bits per heavy atom. The van der Waals surface area contributed by atoms with Gasteiger partial charge in [-0.2, -0.15) is 0 Å². The minimum atomic E-state index is -0.0874. The van der Waals surface area contributed by atoms with Crippen LogP contribution in [0.1, 0.15) is 46.5 Å². The predicted octanol–water partition coefficient (Wildman–Crippen LogP) is 2.11. The van der Waals surface area contributed by atoms with Crippen LogP contribution in [0.5, 0.6) is 0 Å². The van der Waals surface area contributed by atoms with E-state index >= 15 is 0 Å². The third-order valence-electron chi connectivity index (χ3n) is 3.46. The van der Waals surface area contributed by atoms with Gasteiger partial charge in [-0.15, -0.1) is 0 Å². The molecule has 88 valence electrons. The molecule has 0 aliphatic heterocycles. The van der Waals surface area contributed by atoms with Gasteiger partial charge < -0.3 is 10.1 Å². The van der Waals surface area contributed by atoms with Crippen molar-refractivity contribution in [2.75, 3.05) is 13.2 Å². The van der Waals surface area contributed by atoms with E-state index in [-0.39, 0.29) is 11.9 Å². The highest BCUT2D eigenvalue weighted by Crippen LogP contribution is 2.34. The number of nitrogens with one attached hydrogen (secondary N) is 1. The molecule has 0 heterocycles. The SMILES string of the molecule is CCOC(=O)C(C)CNC1(CC)CCC1. The molecule has 0 bridgehead atoms. The standard InChI is InChI=1S/C12H23NO2/c1-4-12(7-6-8-12)13-9-10(3)11(14)15-5-2/h10,13H,4-9H2,1-3H3. The second-order valence-electron chi connectivity index (χ2n) is 4.52. The molecule has 1 unspecified atom stereocenters. The Bertz CT molecular complexity index is 206. The average molecular weight is 213 g/mol. The minimum absolute atomic E-state index is 0.0334. The quantitative estimate of drug-likeness (QED) is 0.687. The lowest BCUT2D eigenvalue weighted by Gasteiger charge is -2.42. The monoisotopic (exact) mass is 213 g/mol. The molecule has 0 saturated heterocycles. The van der Waals surface area contributed by atoms with Crippen LogP contribution >= 0.6 is 0 Å². The lowest BCUT2D eigenvalue weighted by Crippen LogP contribution is -2.52. The first-order valence-corrected chi connectivity index (χ1v) is 6.05. The van der Waals surface area contributed by atoms with Crippen molar-refractivity contribution in [3.8, 4) is 0 Å². The highest BCUT2D eigenvalue weighted by atomic mass is 16.5. The normalized spacial score (nSPS) is 20.5. The molecule has 3 heteroatoms. The molecule has 0 aromatic heterocycles. The topological polar surface area (TPSA) is 38.3 Å². The van der Waals surface area contributed by atoms with Crippen LogP contribution in [0.25, 0.3) is 0 Å². The Morgan fingerprint density at radius 2 is 2.13 bits per heavy atom. The summed E-state index contributed by atoms with van der Waals surface area (Å²) in [6, 6.07) is 0. The van der Waals surface area contributed by atoms with E-state index in [1.165, 1.54) is 19.3 Å². The summed E-state index contributed by atoms with van der Waals surface area (Å²) < 4.78 is 4.98. The Balaban J connectivity index is 2.26. The molecule has 1 rings (SSSR count). The molecule has 1 aliphatic carbocycles. The molecule has 1 fully saturated rings. The van der Waals surface area contributed by atoms with E-state index in [0.29, 0.717) is 12.1 Å². The maximum atomic E-state index is 11.4. The smallest absolute Gasteiger partial charge is 0.309 e. The zero-order valence-electron chi connectivity index (χ0n) is 10.1. The second-order valence-corrected chi connectivity index (χ2v) is 4.52. The van der Waals surface area contributed by atoms with E-state index in [1.54, 1.807) is 0 Å². The van der Waals surface area contributed by atoms with Crippen LogP contribution in [0.2, 0.25) is 0 Å². The molecule has 0 aromatic carbocycles. The molecule has 1 saturated carbocycles. The summed E-state index contributed by atoms with van der Waals surface area (Å²) in [5.41, 5.74) is 0.320. The van der Waals surface area contributed by atoms with Gasteiger partial charge >= 0.3 is 5.97 Å². The fourth-order valence-electron chi connectivity index (χ4n) is 2.00. The summed E-state index contributed by atoms with van der Waals surface area (Å²) in [5, 5.41) is 3.52. The van der Waals surface area contributed by atoms with Gasteiger partial charge in [0.1, 0.15) is 0 Å². The molecular weight excluding hydrogens is 190 g/mol. The van der Waals surface area contributed by atoms with E-state index in [9.17, 15) is 4.79 Å². The molecular formula is C12H23NO2. The van der Waals surface area contributed by atoms with Crippen LogP contribution < -0.4 is 5.32 Å². The molecule has 1 aliphatic rings. The highest BCUT2D eigenvalue weighted by molar-refractivity contribution is 5.72. The van der Waals surface area contributed by atoms with Crippen molar-refractivity contribution in [1.82, 2.24) is 5.32 Å². The fraction of sp³-hybridized carbons (Fsp3) is 0.917. The van der Waals surface area contributed by atoms with Gasteiger partial charge in [-0.3, -0.25) is 4.79 Å². The van der Waals surface area contributed by atoms with Gasteiger partial charge in [0.2, 0.25) is 0 Å². The van der Waals surface area contributed by atoms with Crippen molar-refractivity contribution in [2.45, 2.75) is 52.0 Å². The average Bonchev–Trinajstić information content (AvgIpc) is 2.17. The van der Waals surface area contributed by atoms with E-state index < -0.39 is 0 Å². The first-order chi connectivity index (χ1) is 7.13. The third kappa shape index (κ3) is 3.20. The Hall–Kier alpha value is -0.570. The summed E-state index contributed by atoms with van der Waals surface area (Å²) in [6.45, 7) is 7.19. The van der Waals surface area contributed by atoms with Crippen LogP contribution in [-0.2, 0) is 9.53 Å². The highest BCUT2D eigenvalue weighted by Gasteiger charge is 2.35. The van der Waals surface area contributed by atoms with Crippen molar-refractivity contribution >= 4 is 5.97 Å². The summed E-state index contributed by atoms with van der Waals surface area (Å²) in [7, 11) is 0. The number of ether oxygens (including phenoxy) is 1. The molecule has 1 atom stereocenters. The van der Waals surface area contributed by atoms with Gasteiger partial charge in [-0.1, -0.05) is 13.8 Å². The Morgan fingerprint density at radius 1 is 1.47 bits per heavy atom. The lowest BCUT2D eigenvalue weighted by atomic mass is 9.74. The van der Waals surface area contributed by atoms with E-state index in [2.05, 4.69) is 12.2 Å². The number of carbonyl (C=O) groups is 1. The van der Waals surface area contributed by atoms with Crippen molar-refractivity contribution in [3.05, 3.63) is 0 Å². The number of carbonyl (C=O) groups excluding carboxylic acids is 1. The van der Waals surface area contributed by atoms with Crippen LogP contribution in [0.15, 0.2) is 0 Å². The van der Waals surface area contributed by atoms with Crippen molar-refractivity contribution < 1.29 is 9.53 Å². The lowest BCUT2D eigenvalue weighted by molar-refractivity contribution is -0.147. The van der Waals surface area contributed by atoms with Crippen molar-refractivity contribution in [3.63, 3.8) is 0 Å². The van der Waals surface area contributed by atoms with Gasteiger partial charge in [0.25, 0.3) is 0 Å². The fourth-order valence-corrected chi connectivity index (χ4v) is 2.00.